The number of benzene rings is 2. The fraction of sp³-hybridized carbons (Fsp3) is 0.273. The van der Waals surface area contributed by atoms with Gasteiger partial charge >= 0.3 is 0 Å². The van der Waals surface area contributed by atoms with Crippen LogP contribution in [0.1, 0.15) is 16.8 Å². The molecule has 140 valence electrons. The van der Waals surface area contributed by atoms with E-state index >= 15 is 0 Å². The number of aromatic nitrogens is 1. The number of methoxy groups -OCH3 is 1. The first kappa shape index (κ1) is 18.9. The van der Waals surface area contributed by atoms with Crippen molar-refractivity contribution >= 4 is 16.8 Å². The Balaban J connectivity index is 1.94. The lowest BCUT2D eigenvalue weighted by molar-refractivity contribution is 0.0954. The van der Waals surface area contributed by atoms with Gasteiger partial charge in [0.1, 0.15) is 5.75 Å². The van der Waals surface area contributed by atoms with Gasteiger partial charge in [-0.05, 0) is 51.3 Å². The molecule has 0 atom stereocenters. The highest BCUT2D eigenvalue weighted by Gasteiger charge is 2.14. The number of pyridine rings is 1. The van der Waals surface area contributed by atoms with Crippen LogP contribution in [-0.4, -0.2) is 50.1 Å². The van der Waals surface area contributed by atoms with E-state index in [0.29, 0.717) is 12.1 Å². The molecule has 3 rings (SSSR count). The van der Waals surface area contributed by atoms with Gasteiger partial charge in [0.2, 0.25) is 0 Å². The van der Waals surface area contributed by atoms with Crippen LogP contribution in [0.15, 0.2) is 54.6 Å². The molecular formula is C22H25N3O2. The van der Waals surface area contributed by atoms with E-state index in [2.05, 4.69) is 10.2 Å². The van der Waals surface area contributed by atoms with Crippen molar-refractivity contribution in [2.24, 2.45) is 0 Å². The summed E-state index contributed by atoms with van der Waals surface area (Å²) in [7, 11) is 5.69. The summed E-state index contributed by atoms with van der Waals surface area (Å²) in [5.41, 5.74) is 3.12. The zero-order valence-corrected chi connectivity index (χ0v) is 16.0. The zero-order chi connectivity index (χ0) is 19.2. The van der Waals surface area contributed by atoms with Crippen molar-refractivity contribution in [2.75, 3.05) is 34.3 Å². The van der Waals surface area contributed by atoms with E-state index in [9.17, 15) is 4.79 Å². The van der Waals surface area contributed by atoms with Crippen LogP contribution < -0.4 is 10.1 Å². The Bertz CT molecular complexity index is 938. The second kappa shape index (κ2) is 8.64. The van der Waals surface area contributed by atoms with Crippen LogP contribution in [-0.2, 0) is 0 Å². The van der Waals surface area contributed by atoms with Crippen molar-refractivity contribution in [1.29, 1.82) is 0 Å². The summed E-state index contributed by atoms with van der Waals surface area (Å²) in [4.78, 5) is 19.7. The molecule has 0 bridgehead atoms. The van der Waals surface area contributed by atoms with Gasteiger partial charge < -0.3 is 15.0 Å². The second-order valence-corrected chi connectivity index (χ2v) is 6.72. The lowest BCUT2D eigenvalue weighted by atomic mass is 10.0. The van der Waals surface area contributed by atoms with Gasteiger partial charge in [0.05, 0.1) is 23.9 Å². The predicted molar refractivity (Wildman–Crippen MR) is 109 cm³/mol. The topological polar surface area (TPSA) is 54.5 Å². The molecule has 5 nitrogen and oxygen atoms in total. The quantitative estimate of drug-likeness (QED) is 0.652. The van der Waals surface area contributed by atoms with Crippen molar-refractivity contribution in [3.63, 3.8) is 0 Å². The Morgan fingerprint density at radius 1 is 1.11 bits per heavy atom. The van der Waals surface area contributed by atoms with Gasteiger partial charge in [-0.3, -0.25) is 4.79 Å². The van der Waals surface area contributed by atoms with E-state index < -0.39 is 0 Å². The second-order valence-electron chi connectivity index (χ2n) is 6.72. The monoisotopic (exact) mass is 363 g/mol. The largest absolute Gasteiger partial charge is 0.497 e. The van der Waals surface area contributed by atoms with Crippen LogP contribution in [0.25, 0.3) is 22.2 Å². The Hall–Kier alpha value is -2.92. The Morgan fingerprint density at radius 2 is 1.93 bits per heavy atom. The Kier molecular flexibility index (Phi) is 6.04. The molecule has 1 aromatic heterocycles. The molecule has 3 aromatic rings. The molecule has 0 radical (unpaired) electrons. The minimum atomic E-state index is -0.0727. The molecule has 5 heteroatoms. The molecule has 0 fully saturated rings. The third-order valence-corrected chi connectivity index (χ3v) is 4.39. The van der Waals surface area contributed by atoms with E-state index in [1.165, 1.54) is 0 Å². The summed E-state index contributed by atoms with van der Waals surface area (Å²) in [5.74, 6) is 0.689. The summed E-state index contributed by atoms with van der Waals surface area (Å²) < 4.78 is 5.32. The van der Waals surface area contributed by atoms with Crippen LogP contribution in [0, 0.1) is 0 Å². The molecule has 1 amide bonds. The van der Waals surface area contributed by atoms with Crippen LogP contribution >= 0.6 is 0 Å². The molecule has 0 saturated heterocycles. The molecule has 1 heterocycles. The highest BCUT2D eigenvalue weighted by Crippen LogP contribution is 2.27. The lowest BCUT2D eigenvalue weighted by Crippen LogP contribution is -2.27. The molecular weight excluding hydrogens is 338 g/mol. The maximum atomic E-state index is 12.8. The summed E-state index contributed by atoms with van der Waals surface area (Å²) in [6.45, 7) is 1.58. The third kappa shape index (κ3) is 4.63. The number of hydrogen-bond acceptors (Lipinski definition) is 4. The van der Waals surface area contributed by atoms with Crippen molar-refractivity contribution in [3.8, 4) is 17.0 Å². The molecule has 0 aliphatic rings. The van der Waals surface area contributed by atoms with E-state index in [0.717, 1.165) is 40.9 Å². The first-order valence-corrected chi connectivity index (χ1v) is 9.05. The number of carbonyl (C=O) groups excluding carboxylic acids is 1. The molecule has 1 N–H and O–H groups in total. The first-order chi connectivity index (χ1) is 13.1. The van der Waals surface area contributed by atoms with Crippen LogP contribution in [0.4, 0.5) is 0 Å². The van der Waals surface area contributed by atoms with E-state index in [1.54, 1.807) is 7.11 Å². The van der Waals surface area contributed by atoms with Crippen molar-refractivity contribution in [3.05, 3.63) is 60.2 Å². The number of carbonyl (C=O) groups is 1. The minimum Gasteiger partial charge on any atom is -0.497 e. The van der Waals surface area contributed by atoms with Crippen LogP contribution in [0.5, 0.6) is 5.75 Å². The standard InChI is InChI=1S/C22H25N3O2/c1-25(2)13-7-12-23-22(26)19-15-21(16-8-6-9-17(14-16)27-3)24-20-11-5-4-10-18(19)20/h4-6,8-11,14-15H,7,12-13H2,1-3H3,(H,23,26). The highest BCUT2D eigenvalue weighted by molar-refractivity contribution is 6.07. The predicted octanol–water partition coefficient (Wildman–Crippen LogP) is 3.59. The van der Waals surface area contributed by atoms with Gasteiger partial charge in [-0.2, -0.15) is 0 Å². The number of para-hydroxylation sites is 1. The summed E-state index contributed by atoms with van der Waals surface area (Å²) >= 11 is 0. The number of fused-ring (bicyclic) bond motifs is 1. The number of amides is 1. The molecule has 0 saturated carbocycles. The van der Waals surface area contributed by atoms with Crippen LogP contribution in [0.2, 0.25) is 0 Å². The average molecular weight is 363 g/mol. The van der Waals surface area contributed by atoms with Gasteiger partial charge in [-0.1, -0.05) is 30.3 Å². The lowest BCUT2D eigenvalue weighted by Gasteiger charge is -2.12. The Morgan fingerprint density at radius 3 is 2.70 bits per heavy atom. The zero-order valence-electron chi connectivity index (χ0n) is 16.0. The molecule has 27 heavy (non-hydrogen) atoms. The van der Waals surface area contributed by atoms with Crippen molar-refractivity contribution < 1.29 is 9.53 Å². The maximum Gasteiger partial charge on any atom is 0.252 e. The van der Waals surface area contributed by atoms with Gasteiger partial charge in [0.15, 0.2) is 0 Å². The van der Waals surface area contributed by atoms with Gasteiger partial charge in [0.25, 0.3) is 5.91 Å². The van der Waals surface area contributed by atoms with Crippen molar-refractivity contribution in [2.45, 2.75) is 6.42 Å². The minimum absolute atomic E-state index is 0.0727. The number of hydrogen-bond donors (Lipinski definition) is 1. The maximum absolute atomic E-state index is 12.8. The molecule has 0 unspecified atom stereocenters. The smallest absolute Gasteiger partial charge is 0.252 e. The number of nitrogens with one attached hydrogen (secondary N) is 1. The normalized spacial score (nSPS) is 11.0. The number of rotatable bonds is 7. The highest BCUT2D eigenvalue weighted by atomic mass is 16.5. The fourth-order valence-electron chi connectivity index (χ4n) is 2.99. The summed E-state index contributed by atoms with van der Waals surface area (Å²) in [6, 6.07) is 17.3. The first-order valence-electron chi connectivity index (χ1n) is 9.05. The number of ether oxygens (including phenoxy) is 1. The Labute approximate surface area is 160 Å². The van der Waals surface area contributed by atoms with Crippen LogP contribution in [0.3, 0.4) is 0 Å². The molecule has 0 spiro atoms. The SMILES string of the molecule is COc1cccc(-c2cc(C(=O)NCCCN(C)C)c3ccccc3n2)c1. The van der Waals surface area contributed by atoms with E-state index in [-0.39, 0.29) is 5.91 Å². The third-order valence-electron chi connectivity index (χ3n) is 4.39. The number of nitrogens with zero attached hydrogens (tertiary/aromatic N) is 2. The molecule has 2 aromatic carbocycles. The summed E-state index contributed by atoms with van der Waals surface area (Å²) in [5, 5.41) is 3.89. The van der Waals surface area contributed by atoms with Crippen molar-refractivity contribution in [1.82, 2.24) is 15.2 Å². The van der Waals surface area contributed by atoms with Gasteiger partial charge in [-0.25, -0.2) is 4.98 Å². The average Bonchev–Trinajstić information content (AvgIpc) is 2.70. The van der Waals surface area contributed by atoms with Gasteiger partial charge in [0, 0.05) is 17.5 Å². The van der Waals surface area contributed by atoms with E-state index in [1.807, 2.05) is 68.7 Å². The molecule has 0 aliphatic heterocycles. The van der Waals surface area contributed by atoms with E-state index in [4.69, 9.17) is 9.72 Å². The fourth-order valence-corrected chi connectivity index (χ4v) is 2.99. The molecule has 0 aliphatic carbocycles. The van der Waals surface area contributed by atoms with Gasteiger partial charge in [-0.15, -0.1) is 0 Å². The summed E-state index contributed by atoms with van der Waals surface area (Å²) in [6.07, 6.45) is 0.907.